The molecule has 0 unspecified atom stereocenters. The molecule has 1 aliphatic rings. The van der Waals surface area contributed by atoms with Gasteiger partial charge in [-0.1, -0.05) is 6.07 Å². The number of hydrogen-bond acceptors (Lipinski definition) is 5. The molecule has 0 saturated heterocycles. The number of aromatic nitrogens is 3. The van der Waals surface area contributed by atoms with E-state index in [9.17, 15) is 0 Å². The summed E-state index contributed by atoms with van der Waals surface area (Å²) in [5, 5.41) is 0.0461. The quantitative estimate of drug-likeness (QED) is 0.869. The van der Waals surface area contributed by atoms with E-state index < -0.39 is 0 Å². The first kappa shape index (κ1) is 13.1. The summed E-state index contributed by atoms with van der Waals surface area (Å²) in [6, 6.07) is 6.34. The summed E-state index contributed by atoms with van der Waals surface area (Å²) in [5.41, 5.74) is 2.73. The van der Waals surface area contributed by atoms with Crippen molar-refractivity contribution in [3.8, 4) is 17.8 Å². The maximum absolute atomic E-state index is 5.79. The van der Waals surface area contributed by atoms with Crippen molar-refractivity contribution in [3.63, 3.8) is 0 Å². The highest BCUT2D eigenvalue weighted by Gasteiger charge is 2.12. The standard InChI is InChI=1S/C14H14ClN3O2/c1-19-13-16-12(15)17-14(18-13)20-11-7-6-9-4-2-3-5-10(9)8-11/h6-8H,2-5H2,1H3. The van der Waals surface area contributed by atoms with Crippen LogP contribution < -0.4 is 9.47 Å². The van der Waals surface area contributed by atoms with E-state index >= 15 is 0 Å². The summed E-state index contributed by atoms with van der Waals surface area (Å²) in [7, 11) is 1.47. The van der Waals surface area contributed by atoms with E-state index in [4.69, 9.17) is 21.1 Å². The van der Waals surface area contributed by atoms with Gasteiger partial charge >= 0.3 is 12.0 Å². The van der Waals surface area contributed by atoms with Gasteiger partial charge in [0.2, 0.25) is 5.28 Å². The Hall–Kier alpha value is -1.88. The highest BCUT2D eigenvalue weighted by Crippen LogP contribution is 2.27. The van der Waals surface area contributed by atoms with Gasteiger partial charge in [-0.3, -0.25) is 0 Å². The average Bonchev–Trinajstić information content (AvgIpc) is 2.46. The van der Waals surface area contributed by atoms with Crippen molar-refractivity contribution in [1.29, 1.82) is 0 Å². The zero-order chi connectivity index (χ0) is 13.9. The first-order valence-electron chi connectivity index (χ1n) is 6.50. The van der Waals surface area contributed by atoms with Crippen molar-refractivity contribution in [1.82, 2.24) is 15.0 Å². The number of benzene rings is 1. The molecule has 0 aliphatic heterocycles. The number of fused-ring (bicyclic) bond motifs is 1. The second kappa shape index (κ2) is 5.63. The van der Waals surface area contributed by atoms with Crippen LogP contribution in [0.5, 0.6) is 17.8 Å². The van der Waals surface area contributed by atoms with Crippen molar-refractivity contribution < 1.29 is 9.47 Å². The van der Waals surface area contributed by atoms with E-state index in [-0.39, 0.29) is 17.3 Å². The fraction of sp³-hybridized carbons (Fsp3) is 0.357. The van der Waals surface area contributed by atoms with Gasteiger partial charge in [-0.05, 0) is 60.5 Å². The maximum Gasteiger partial charge on any atom is 0.329 e. The number of ether oxygens (including phenoxy) is 2. The predicted molar refractivity (Wildman–Crippen MR) is 74.5 cm³/mol. The molecular formula is C14H14ClN3O2. The summed E-state index contributed by atoms with van der Waals surface area (Å²) in [6.07, 6.45) is 4.71. The highest BCUT2D eigenvalue weighted by atomic mass is 35.5. The topological polar surface area (TPSA) is 57.1 Å². The number of methoxy groups -OCH3 is 1. The number of rotatable bonds is 3. The Morgan fingerprint density at radius 3 is 2.55 bits per heavy atom. The number of hydrogen-bond donors (Lipinski definition) is 0. The third kappa shape index (κ3) is 2.82. The fourth-order valence-corrected chi connectivity index (χ4v) is 2.47. The van der Waals surface area contributed by atoms with Gasteiger partial charge in [-0.2, -0.15) is 9.97 Å². The summed E-state index contributed by atoms with van der Waals surface area (Å²) < 4.78 is 10.6. The van der Waals surface area contributed by atoms with Gasteiger partial charge < -0.3 is 9.47 Å². The molecule has 1 aromatic heterocycles. The largest absolute Gasteiger partial charge is 0.467 e. The lowest BCUT2D eigenvalue weighted by atomic mass is 9.92. The second-order valence-electron chi connectivity index (χ2n) is 4.61. The molecule has 0 saturated carbocycles. The van der Waals surface area contributed by atoms with E-state index in [1.54, 1.807) is 0 Å². The van der Waals surface area contributed by atoms with Crippen LogP contribution >= 0.6 is 11.6 Å². The van der Waals surface area contributed by atoms with Crippen LogP contribution in [0, 0.1) is 0 Å². The lowest BCUT2D eigenvalue weighted by molar-refractivity contribution is 0.359. The summed E-state index contributed by atoms with van der Waals surface area (Å²) in [4.78, 5) is 11.7. The third-order valence-corrected chi connectivity index (χ3v) is 3.45. The van der Waals surface area contributed by atoms with Gasteiger partial charge in [0.25, 0.3) is 0 Å². The summed E-state index contributed by atoms with van der Waals surface area (Å²) >= 11 is 5.79. The monoisotopic (exact) mass is 291 g/mol. The summed E-state index contributed by atoms with van der Waals surface area (Å²) in [5.74, 6) is 0.704. The van der Waals surface area contributed by atoms with Gasteiger partial charge in [0, 0.05) is 0 Å². The van der Waals surface area contributed by atoms with Crippen LogP contribution in [0.15, 0.2) is 18.2 Å². The zero-order valence-corrected chi connectivity index (χ0v) is 11.9. The van der Waals surface area contributed by atoms with Crippen LogP contribution in [-0.2, 0) is 12.8 Å². The fourth-order valence-electron chi connectivity index (χ4n) is 2.33. The van der Waals surface area contributed by atoms with E-state index in [0.29, 0.717) is 5.75 Å². The lowest BCUT2D eigenvalue weighted by Gasteiger charge is -2.16. The molecule has 0 N–H and O–H groups in total. The van der Waals surface area contributed by atoms with Crippen molar-refractivity contribution >= 4 is 11.6 Å². The Morgan fingerprint density at radius 2 is 1.75 bits per heavy atom. The normalized spacial score (nSPS) is 13.7. The van der Waals surface area contributed by atoms with E-state index in [1.807, 2.05) is 12.1 Å². The molecule has 0 spiro atoms. The molecule has 3 rings (SSSR count). The molecule has 0 atom stereocenters. The van der Waals surface area contributed by atoms with Gasteiger partial charge in [-0.25, -0.2) is 0 Å². The molecule has 0 radical (unpaired) electrons. The van der Waals surface area contributed by atoms with Crippen molar-refractivity contribution in [3.05, 3.63) is 34.6 Å². The van der Waals surface area contributed by atoms with Crippen LogP contribution in [0.1, 0.15) is 24.0 Å². The molecule has 0 amide bonds. The van der Waals surface area contributed by atoms with E-state index in [2.05, 4.69) is 21.0 Å². The predicted octanol–water partition coefficient (Wildman–Crippen LogP) is 3.20. The highest BCUT2D eigenvalue weighted by molar-refractivity contribution is 6.28. The molecule has 0 bridgehead atoms. The van der Waals surface area contributed by atoms with E-state index in [0.717, 1.165) is 12.8 Å². The Labute approximate surface area is 121 Å². The number of aryl methyl sites for hydroxylation is 2. The molecule has 1 aromatic carbocycles. The molecule has 5 nitrogen and oxygen atoms in total. The first-order chi connectivity index (χ1) is 9.74. The minimum Gasteiger partial charge on any atom is -0.467 e. The third-order valence-electron chi connectivity index (χ3n) is 3.28. The Bertz CT molecular complexity index is 634. The summed E-state index contributed by atoms with van der Waals surface area (Å²) in [6.45, 7) is 0. The minimum atomic E-state index is 0.0461. The molecular weight excluding hydrogens is 278 g/mol. The van der Waals surface area contributed by atoms with Gasteiger partial charge in [0.1, 0.15) is 5.75 Å². The smallest absolute Gasteiger partial charge is 0.329 e. The maximum atomic E-state index is 5.79. The van der Waals surface area contributed by atoms with Gasteiger partial charge in [-0.15, -0.1) is 4.98 Å². The Morgan fingerprint density at radius 1 is 1.00 bits per heavy atom. The van der Waals surface area contributed by atoms with E-state index in [1.165, 1.54) is 31.1 Å². The molecule has 6 heteroatoms. The lowest BCUT2D eigenvalue weighted by Crippen LogP contribution is -2.03. The Kier molecular flexibility index (Phi) is 3.69. The Balaban J connectivity index is 1.85. The van der Waals surface area contributed by atoms with Crippen LogP contribution in [0.2, 0.25) is 5.28 Å². The SMILES string of the molecule is COc1nc(Cl)nc(Oc2ccc3c(c2)CCCC3)n1. The van der Waals surface area contributed by atoms with Crippen molar-refractivity contribution in [2.75, 3.05) is 7.11 Å². The van der Waals surface area contributed by atoms with Crippen molar-refractivity contribution in [2.24, 2.45) is 0 Å². The molecule has 2 aromatic rings. The van der Waals surface area contributed by atoms with Crippen molar-refractivity contribution in [2.45, 2.75) is 25.7 Å². The first-order valence-corrected chi connectivity index (χ1v) is 6.87. The molecule has 104 valence electrons. The molecule has 1 heterocycles. The number of nitrogens with zero attached hydrogens (tertiary/aromatic N) is 3. The van der Waals surface area contributed by atoms with Crippen LogP contribution in [0.25, 0.3) is 0 Å². The average molecular weight is 292 g/mol. The molecule has 1 aliphatic carbocycles. The van der Waals surface area contributed by atoms with Crippen LogP contribution in [0.3, 0.4) is 0 Å². The van der Waals surface area contributed by atoms with Crippen LogP contribution in [-0.4, -0.2) is 22.1 Å². The van der Waals surface area contributed by atoms with Gasteiger partial charge in [0.15, 0.2) is 0 Å². The zero-order valence-electron chi connectivity index (χ0n) is 11.1. The minimum absolute atomic E-state index is 0.0461. The second-order valence-corrected chi connectivity index (χ2v) is 4.95. The van der Waals surface area contributed by atoms with Crippen LogP contribution in [0.4, 0.5) is 0 Å². The molecule has 20 heavy (non-hydrogen) atoms. The van der Waals surface area contributed by atoms with Gasteiger partial charge in [0.05, 0.1) is 7.11 Å². The number of halogens is 1. The molecule has 0 fully saturated rings.